The summed E-state index contributed by atoms with van der Waals surface area (Å²) in [6.45, 7) is 6.18. The number of carbonyl (C=O) groups is 2. The SMILES string of the molecule is COC(=O)c1c(NC(=O)c2ccc(COc3cc(C)c(Cl)cc3C(C)C)o2)cnn1C. The number of halogens is 1. The van der Waals surface area contributed by atoms with Crippen LogP contribution in [0.15, 0.2) is 34.9 Å². The maximum absolute atomic E-state index is 12.6. The predicted molar refractivity (Wildman–Crippen MR) is 116 cm³/mol. The summed E-state index contributed by atoms with van der Waals surface area (Å²) >= 11 is 6.24. The minimum absolute atomic E-state index is 0.0784. The Labute approximate surface area is 185 Å². The van der Waals surface area contributed by atoms with Crippen LogP contribution in [-0.2, 0) is 18.4 Å². The number of esters is 1. The van der Waals surface area contributed by atoms with Crippen LogP contribution in [0.3, 0.4) is 0 Å². The van der Waals surface area contributed by atoms with Gasteiger partial charge in [-0.2, -0.15) is 5.10 Å². The van der Waals surface area contributed by atoms with Gasteiger partial charge in [0, 0.05) is 12.1 Å². The van der Waals surface area contributed by atoms with E-state index in [0.717, 1.165) is 16.9 Å². The predicted octanol–water partition coefficient (Wildman–Crippen LogP) is 4.72. The van der Waals surface area contributed by atoms with Crippen LogP contribution >= 0.6 is 11.6 Å². The molecule has 0 fully saturated rings. The van der Waals surface area contributed by atoms with Crippen molar-refractivity contribution in [2.24, 2.45) is 7.05 Å². The molecule has 0 bridgehead atoms. The standard InChI is InChI=1S/C22H24ClN3O5/c1-12(2)15-9-16(23)13(3)8-19(15)30-11-14-6-7-18(31-14)21(27)25-17-10-24-26(4)20(17)22(28)29-5/h6-10,12H,11H2,1-5H3,(H,25,27). The summed E-state index contributed by atoms with van der Waals surface area (Å²) in [7, 11) is 2.83. The number of carbonyl (C=O) groups excluding carboxylic acids is 2. The minimum atomic E-state index is -0.608. The number of rotatable bonds is 7. The molecule has 0 aliphatic rings. The van der Waals surface area contributed by atoms with E-state index in [0.29, 0.717) is 10.8 Å². The third-order valence-electron chi connectivity index (χ3n) is 4.73. The molecule has 1 aromatic carbocycles. The Bertz CT molecular complexity index is 1120. The molecule has 0 radical (unpaired) electrons. The number of furan rings is 1. The number of benzene rings is 1. The lowest BCUT2D eigenvalue weighted by atomic mass is 10.0. The Balaban J connectivity index is 1.71. The van der Waals surface area contributed by atoms with Crippen LogP contribution in [0.4, 0.5) is 5.69 Å². The molecule has 3 aromatic rings. The van der Waals surface area contributed by atoms with Gasteiger partial charge in [-0.05, 0) is 48.2 Å². The highest BCUT2D eigenvalue weighted by Gasteiger charge is 2.21. The average Bonchev–Trinajstić information content (AvgIpc) is 3.34. The quantitative estimate of drug-likeness (QED) is 0.529. The minimum Gasteiger partial charge on any atom is -0.485 e. The van der Waals surface area contributed by atoms with E-state index in [4.69, 9.17) is 25.5 Å². The van der Waals surface area contributed by atoms with Crippen molar-refractivity contribution in [2.75, 3.05) is 12.4 Å². The number of amides is 1. The highest BCUT2D eigenvalue weighted by atomic mass is 35.5. The first-order chi connectivity index (χ1) is 14.7. The van der Waals surface area contributed by atoms with Gasteiger partial charge in [0.05, 0.1) is 19.0 Å². The summed E-state index contributed by atoms with van der Waals surface area (Å²) in [5.41, 5.74) is 2.27. The number of ether oxygens (including phenoxy) is 2. The zero-order valence-electron chi connectivity index (χ0n) is 18.0. The molecule has 31 heavy (non-hydrogen) atoms. The molecular weight excluding hydrogens is 422 g/mol. The van der Waals surface area contributed by atoms with E-state index in [-0.39, 0.29) is 29.7 Å². The number of nitrogens with zero attached hydrogens (tertiary/aromatic N) is 2. The smallest absolute Gasteiger partial charge is 0.358 e. The number of anilines is 1. The number of hydrogen-bond donors (Lipinski definition) is 1. The van der Waals surface area contributed by atoms with Crippen LogP contribution < -0.4 is 10.1 Å². The summed E-state index contributed by atoms with van der Waals surface area (Å²) in [6.07, 6.45) is 1.37. The monoisotopic (exact) mass is 445 g/mol. The van der Waals surface area contributed by atoms with Crippen molar-refractivity contribution in [2.45, 2.75) is 33.3 Å². The van der Waals surface area contributed by atoms with Gasteiger partial charge in [-0.1, -0.05) is 25.4 Å². The fourth-order valence-corrected chi connectivity index (χ4v) is 3.20. The van der Waals surface area contributed by atoms with Gasteiger partial charge < -0.3 is 19.2 Å². The van der Waals surface area contributed by atoms with Crippen LogP contribution in [0, 0.1) is 6.92 Å². The van der Waals surface area contributed by atoms with E-state index in [1.807, 2.05) is 19.1 Å². The molecule has 0 saturated heterocycles. The Hall–Kier alpha value is -3.26. The van der Waals surface area contributed by atoms with Gasteiger partial charge in [0.25, 0.3) is 5.91 Å². The molecule has 2 heterocycles. The summed E-state index contributed by atoms with van der Waals surface area (Å²) in [6, 6.07) is 7.01. The van der Waals surface area contributed by atoms with Gasteiger partial charge in [-0.15, -0.1) is 0 Å². The van der Waals surface area contributed by atoms with Gasteiger partial charge >= 0.3 is 5.97 Å². The molecule has 0 unspecified atom stereocenters. The number of hydrogen-bond acceptors (Lipinski definition) is 6. The first kappa shape index (κ1) is 22.4. The van der Waals surface area contributed by atoms with Crippen molar-refractivity contribution in [3.63, 3.8) is 0 Å². The number of aromatic nitrogens is 2. The molecule has 0 spiro atoms. The van der Waals surface area contributed by atoms with Crippen LogP contribution in [0.5, 0.6) is 5.75 Å². The van der Waals surface area contributed by atoms with Gasteiger partial charge in [-0.25, -0.2) is 4.79 Å². The lowest BCUT2D eigenvalue weighted by Crippen LogP contribution is -2.16. The van der Waals surface area contributed by atoms with E-state index < -0.39 is 11.9 Å². The van der Waals surface area contributed by atoms with E-state index in [2.05, 4.69) is 24.3 Å². The average molecular weight is 446 g/mol. The number of aryl methyl sites for hydroxylation is 2. The summed E-state index contributed by atoms with van der Waals surface area (Å²) in [5, 5.41) is 7.28. The van der Waals surface area contributed by atoms with Crippen LogP contribution in [0.1, 0.15) is 57.7 Å². The van der Waals surface area contributed by atoms with Gasteiger partial charge in [0.15, 0.2) is 11.5 Å². The molecule has 1 N–H and O–H groups in total. The molecule has 0 aliphatic heterocycles. The lowest BCUT2D eigenvalue weighted by Gasteiger charge is -2.15. The van der Waals surface area contributed by atoms with E-state index in [1.54, 1.807) is 19.2 Å². The first-order valence-corrected chi connectivity index (χ1v) is 10.0. The molecule has 1 amide bonds. The molecule has 164 valence electrons. The second-order valence-corrected chi connectivity index (χ2v) is 7.73. The van der Waals surface area contributed by atoms with Crippen molar-refractivity contribution in [1.82, 2.24) is 9.78 Å². The normalized spacial score (nSPS) is 10.9. The van der Waals surface area contributed by atoms with E-state index >= 15 is 0 Å². The Morgan fingerprint density at radius 3 is 2.71 bits per heavy atom. The Morgan fingerprint density at radius 2 is 2.03 bits per heavy atom. The summed E-state index contributed by atoms with van der Waals surface area (Å²) < 4.78 is 17.6. The van der Waals surface area contributed by atoms with Crippen molar-refractivity contribution in [3.05, 3.63) is 63.8 Å². The zero-order chi connectivity index (χ0) is 22.7. The Morgan fingerprint density at radius 1 is 1.29 bits per heavy atom. The molecule has 0 aliphatic carbocycles. The fourth-order valence-electron chi connectivity index (χ4n) is 3.02. The van der Waals surface area contributed by atoms with E-state index in [9.17, 15) is 9.59 Å². The van der Waals surface area contributed by atoms with Crippen molar-refractivity contribution in [1.29, 1.82) is 0 Å². The lowest BCUT2D eigenvalue weighted by molar-refractivity contribution is 0.0589. The third kappa shape index (κ3) is 4.91. The molecule has 0 saturated carbocycles. The van der Waals surface area contributed by atoms with Crippen molar-refractivity contribution in [3.8, 4) is 5.75 Å². The molecule has 0 atom stereocenters. The second-order valence-electron chi connectivity index (χ2n) is 7.32. The molecule has 3 rings (SSSR count). The summed E-state index contributed by atoms with van der Waals surface area (Å²) in [4.78, 5) is 24.4. The van der Waals surface area contributed by atoms with Crippen LogP contribution in [-0.4, -0.2) is 28.8 Å². The number of methoxy groups -OCH3 is 1. The van der Waals surface area contributed by atoms with E-state index in [1.165, 1.54) is 18.0 Å². The van der Waals surface area contributed by atoms with Crippen LogP contribution in [0.2, 0.25) is 5.02 Å². The van der Waals surface area contributed by atoms with Crippen molar-refractivity contribution >= 4 is 29.2 Å². The molecule has 2 aromatic heterocycles. The highest BCUT2D eigenvalue weighted by Crippen LogP contribution is 2.32. The van der Waals surface area contributed by atoms with Gasteiger partial charge in [-0.3, -0.25) is 9.48 Å². The molecule has 9 heteroatoms. The molecule has 8 nitrogen and oxygen atoms in total. The topological polar surface area (TPSA) is 95.6 Å². The Kier molecular flexibility index (Phi) is 6.70. The largest absolute Gasteiger partial charge is 0.485 e. The maximum atomic E-state index is 12.6. The third-order valence-corrected chi connectivity index (χ3v) is 5.14. The van der Waals surface area contributed by atoms with Crippen molar-refractivity contribution < 1.29 is 23.5 Å². The number of nitrogens with one attached hydrogen (secondary N) is 1. The zero-order valence-corrected chi connectivity index (χ0v) is 18.7. The van der Waals surface area contributed by atoms with Crippen LogP contribution in [0.25, 0.3) is 0 Å². The first-order valence-electron chi connectivity index (χ1n) is 9.64. The van der Waals surface area contributed by atoms with Gasteiger partial charge in [0.1, 0.15) is 18.1 Å². The fraction of sp³-hybridized carbons (Fsp3) is 0.318. The summed E-state index contributed by atoms with van der Waals surface area (Å²) in [5.74, 6) is 0.381. The maximum Gasteiger partial charge on any atom is 0.358 e. The molecular formula is C22H24ClN3O5. The highest BCUT2D eigenvalue weighted by molar-refractivity contribution is 6.31. The second kappa shape index (κ2) is 9.26. The van der Waals surface area contributed by atoms with Gasteiger partial charge in [0.2, 0.25) is 0 Å².